The maximum absolute atomic E-state index is 12.8. The number of carbonyl (C=O) groups is 1. The number of nitrogens with zero attached hydrogens (tertiary/aromatic N) is 2. The van der Waals surface area contributed by atoms with Crippen molar-refractivity contribution in [3.63, 3.8) is 0 Å². The zero-order valence-electron chi connectivity index (χ0n) is 18.0. The van der Waals surface area contributed by atoms with E-state index < -0.39 is 4.92 Å². The molecule has 0 saturated carbocycles. The van der Waals surface area contributed by atoms with E-state index in [0.717, 1.165) is 11.1 Å². The molecule has 1 aliphatic heterocycles. The molecule has 9 heteroatoms. The molecule has 0 bridgehead atoms. The number of benzene rings is 3. The van der Waals surface area contributed by atoms with Gasteiger partial charge in [0.05, 0.1) is 16.4 Å². The lowest BCUT2D eigenvalue weighted by Gasteiger charge is -2.14. The second-order valence-electron chi connectivity index (χ2n) is 7.27. The van der Waals surface area contributed by atoms with E-state index in [1.54, 1.807) is 17.0 Å². The minimum absolute atomic E-state index is 0.0158. The fourth-order valence-corrected chi connectivity index (χ4v) is 4.45. The Kier molecular flexibility index (Phi) is 7.56. The van der Waals surface area contributed by atoms with Gasteiger partial charge in [0.1, 0.15) is 29.0 Å². The normalized spacial score (nSPS) is 14.5. The molecule has 1 fully saturated rings. The van der Waals surface area contributed by atoms with Crippen molar-refractivity contribution in [2.24, 2.45) is 0 Å². The maximum Gasteiger partial charge on any atom is 0.269 e. The smallest absolute Gasteiger partial charge is 0.269 e. The highest BCUT2D eigenvalue weighted by Crippen LogP contribution is 2.33. The predicted molar refractivity (Wildman–Crippen MR) is 136 cm³/mol. The Morgan fingerprint density at radius 2 is 1.50 bits per heavy atom. The minimum atomic E-state index is -0.456. The molecule has 0 aromatic heterocycles. The number of thiocarbonyl (C=S) groups is 1. The van der Waals surface area contributed by atoms with Crippen molar-refractivity contribution in [2.45, 2.75) is 6.54 Å². The number of ether oxygens (including phenoxy) is 2. The lowest BCUT2D eigenvalue weighted by molar-refractivity contribution is -0.384. The van der Waals surface area contributed by atoms with Gasteiger partial charge in [0.15, 0.2) is 0 Å². The van der Waals surface area contributed by atoms with Crippen molar-refractivity contribution in [1.29, 1.82) is 0 Å². The molecule has 4 rings (SSSR count). The summed E-state index contributed by atoms with van der Waals surface area (Å²) in [7, 11) is 0. The van der Waals surface area contributed by atoms with Crippen LogP contribution in [0, 0.1) is 10.1 Å². The molecule has 1 amide bonds. The third kappa shape index (κ3) is 6.00. The molecule has 0 radical (unpaired) electrons. The van der Waals surface area contributed by atoms with Gasteiger partial charge in [-0.3, -0.25) is 19.8 Å². The number of nitro groups is 1. The molecule has 172 valence electrons. The van der Waals surface area contributed by atoms with Crippen LogP contribution in [0.2, 0.25) is 0 Å². The molecule has 3 aromatic carbocycles. The maximum atomic E-state index is 12.8. The van der Waals surface area contributed by atoms with Crippen LogP contribution in [0.4, 0.5) is 5.69 Å². The molecule has 3 aromatic rings. The number of carbonyl (C=O) groups excluding carboxylic acids is 1. The Morgan fingerprint density at radius 1 is 0.912 bits per heavy atom. The van der Waals surface area contributed by atoms with Crippen LogP contribution in [-0.4, -0.2) is 33.3 Å². The van der Waals surface area contributed by atoms with Crippen molar-refractivity contribution in [3.8, 4) is 11.5 Å². The second kappa shape index (κ2) is 11.0. The van der Waals surface area contributed by atoms with Crippen molar-refractivity contribution < 1.29 is 19.2 Å². The lowest BCUT2D eigenvalue weighted by atomic mass is 10.2. The Morgan fingerprint density at radius 3 is 2.09 bits per heavy atom. The van der Waals surface area contributed by atoms with Crippen LogP contribution in [-0.2, 0) is 11.3 Å². The molecule has 1 saturated heterocycles. The van der Waals surface area contributed by atoms with Gasteiger partial charge in [-0.15, -0.1) is 0 Å². The van der Waals surface area contributed by atoms with Gasteiger partial charge in [-0.1, -0.05) is 66.4 Å². The Labute approximate surface area is 206 Å². The topological polar surface area (TPSA) is 81.9 Å². The summed E-state index contributed by atoms with van der Waals surface area (Å²) in [5, 5.41) is 10.7. The van der Waals surface area contributed by atoms with Gasteiger partial charge >= 0.3 is 0 Å². The van der Waals surface area contributed by atoms with E-state index in [-0.39, 0.29) is 11.6 Å². The fourth-order valence-electron chi connectivity index (χ4n) is 3.20. The first kappa shape index (κ1) is 23.5. The van der Waals surface area contributed by atoms with Crippen molar-refractivity contribution in [3.05, 3.63) is 105 Å². The van der Waals surface area contributed by atoms with Crippen molar-refractivity contribution in [1.82, 2.24) is 4.90 Å². The van der Waals surface area contributed by atoms with E-state index in [2.05, 4.69) is 0 Å². The number of thioether (sulfide) groups is 1. The number of non-ortho nitro benzene ring substituents is 1. The number of hydrogen-bond donors (Lipinski definition) is 0. The molecule has 1 aliphatic rings. The molecule has 0 spiro atoms. The molecule has 0 unspecified atom stereocenters. The SMILES string of the molecule is O=C1/C(=C/c2ccc(OCCOc3ccc([N+](=O)[O-])cc3)cc2)SC(=S)N1Cc1ccccc1. The standard InChI is InChI=1S/C25H20N2O5S2/c28-24-23(34-25(33)26(24)17-19-4-2-1-3-5-19)16-18-6-10-21(11-7-18)31-14-15-32-22-12-8-20(9-13-22)27(29)30/h1-13,16H,14-15,17H2/b23-16-. The number of hydrogen-bond acceptors (Lipinski definition) is 7. The van der Waals surface area contributed by atoms with Gasteiger partial charge < -0.3 is 9.47 Å². The summed E-state index contributed by atoms with van der Waals surface area (Å²) in [6, 6.07) is 23.0. The Bertz CT molecular complexity index is 1210. The summed E-state index contributed by atoms with van der Waals surface area (Å²) < 4.78 is 11.8. The molecule has 34 heavy (non-hydrogen) atoms. The van der Waals surface area contributed by atoms with Crippen LogP contribution in [0.1, 0.15) is 11.1 Å². The summed E-state index contributed by atoms with van der Waals surface area (Å²) in [5.74, 6) is 1.11. The van der Waals surface area contributed by atoms with E-state index in [9.17, 15) is 14.9 Å². The minimum Gasteiger partial charge on any atom is -0.490 e. The van der Waals surface area contributed by atoms with Crippen LogP contribution < -0.4 is 9.47 Å². The van der Waals surface area contributed by atoms with Crippen LogP contribution in [0.3, 0.4) is 0 Å². The molecular weight excluding hydrogens is 472 g/mol. The summed E-state index contributed by atoms with van der Waals surface area (Å²) >= 11 is 6.71. The van der Waals surface area contributed by atoms with Crippen LogP contribution in [0.15, 0.2) is 83.8 Å². The highest BCUT2D eigenvalue weighted by molar-refractivity contribution is 8.26. The van der Waals surface area contributed by atoms with Gasteiger partial charge in [0.25, 0.3) is 11.6 Å². The van der Waals surface area contributed by atoms with E-state index in [1.807, 2.05) is 60.7 Å². The van der Waals surface area contributed by atoms with Crippen molar-refractivity contribution in [2.75, 3.05) is 13.2 Å². The Hall–Kier alpha value is -3.69. The molecule has 7 nitrogen and oxygen atoms in total. The largest absolute Gasteiger partial charge is 0.490 e. The lowest BCUT2D eigenvalue weighted by Crippen LogP contribution is -2.27. The highest BCUT2D eigenvalue weighted by atomic mass is 32.2. The molecule has 0 atom stereocenters. The van der Waals surface area contributed by atoms with Gasteiger partial charge in [0, 0.05) is 12.1 Å². The molecule has 1 heterocycles. The van der Waals surface area contributed by atoms with Crippen molar-refractivity contribution >= 4 is 46.0 Å². The Balaban J connectivity index is 1.28. The van der Waals surface area contributed by atoms with Gasteiger partial charge in [-0.05, 0) is 41.5 Å². The highest BCUT2D eigenvalue weighted by Gasteiger charge is 2.31. The molecular formula is C25H20N2O5S2. The van der Waals surface area contributed by atoms with E-state index in [1.165, 1.54) is 23.9 Å². The van der Waals surface area contributed by atoms with Crippen LogP contribution in [0.5, 0.6) is 11.5 Å². The number of rotatable bonds is 9. The summed E-state index contributed by atoms with van der Waals surface area (Å²) in [6.45, 7) is 1.06. The quantitative estimate of drug-likeness (QED) is 0.129. The van der Waals surface area contributed by atoms with E-state index in [4.69, 9.17) is 21.7 Å². The molecule has 0 N–H and O–H groups in total. The van der Waals surface area contributed by atoms with Gasteiger partial charge in [0.2, 0.25) is 0 Å². The summed E-state index contributed by atoms with van der Waals surface area (Å²) in [5.41, 5.74) is 1.91. The van der Waals surface area contributed by atoms with Crippen LogP contribution >= 0.6 is 24.0 Å². The summed E-state index contributed by atoms with van der Waals surface area (Å²) in [4.78, 5) is 25.2. The zero-order chi connectivity index (χ0) is 23.9. The number of nitro benzene ring substituents is 1. The monoisotopic (exact) mass is 492 g/mol. The second-order valence-corrected chi connectivity index (χ2v) is 8.95. The molecule has 0 aliphatic carbocycles. The summed E-state index contributed by atoms with van der Waals surface area (Å²) in [6.07, 6.45) is 1.83. The van der Waals surface area contributed by atoms with Gasteiger partial charge in [-0.2, -0.15) is 0 Å². The first-order valence-electron chi connectivity index (χ1n) is 10.4. The third-order valence-electron chi connectivity index (χ3n) is 4.90. The first-order valence-corrected chi connectivity index (χ1v) is 11.6. The van der Waals surface area contributed by atoms with E-state index in [0.29, 0.717) is 40.5 Å². The predicted octanol–water partition coefficient (Wildman–Crippen LogP) is 5.45. The third-order valence-corrected chi connectivity index (χ3v) is 6.28. The van der Waals surface area contributed by atoms with Gasteiger partial charge in [-0.25, -0.2) is 0 Å². The number of amides is 1. The zero-order valence-corrected chi connectivity index (χ0v) is 19.6. The van der Waals surface area contributed by atoms with Crippen LogP contribution in [0.25, 0.3) is 6.08 Å². The average Bonchev–Trinajstić information content (AvgIpc) is 3.11. The van der Waals surface area contributed by atoms with E-state index >= 15 is 0 Å². The fraction of sp³-hybridized carbons (Fsp3) is 0.120. The average molecular weight is 493 g/mol. The first-order chi connectivity index (χ1) is 16.5.